The van der Waals surface area contributed by atoms with E-state index < -0.39 is 15.9 Å². The maximum absolute atomic E-state index is 13.9. The lowest BCUT2D eigenvalue weighted by atomic mass is 9.79. The lowest BCUT2D eigenvalue weighted by molar-refractivity contribution is 0.283. The van der Waals surface area contributed by atoms with Crippen molar-refractivity contribution in [2.24, 2.45) is 0 Å². The van der Waals surface area contributed by atoms with Crippen molar-refractivity contribution >= 4 is 10.1 Å². The number of hydrogen-bond donors (Lipinski definition) is 0. The number of hydrogen-bond acceptors (Lipinski definition) is 6. The molecule has 2 atom stereocenters. The monoisotopic (exact) mass is 620 g/mol. The Morgan fingerprint density at radius 3 is 2.11 bits per heavy atom. The fraction of sp³-hybridized carbons (Fsp3) is 0.333. The van der Waals surface area contributed by atoms with E-state index in [1.807, 2.05) is 43.3 Å². The van der Waals surface area contributed by atoms with Crippen LogP contribution in [0.3, 0.4) is 0 Å². The highest BCUT2D eigenvalue weighted by atomic mass is 32.2. The normalized spacial score (nSPS) is 12.8. The second kappa shape index (κ2) is 14.6. The van der Waals surface area contributed by atoms with E-state index in [0.29, 0.717) is 30.3 Å². The first-order valence-electron chi connectivity index (χ1n) is 14.9. The van der Waals surface area contributed by atoms with Gasteiger partial charge < -0.3 is 18.4 Å². The third kappa shape index (κ3) is 7.36. The molecule has 0 radical (unpaired) electrons. The van der Waals surface area contributed by atoms with Crippen LogP contribution in [0.2, 0.25) is 0 Å². The van der Waals surface area contributed by atoms with E-state index in [1.165, 1.54) is 30.9 Å². The molecule has 0 aromatic heterocycles. The SMILES string of the molecule is CCCc1cc(OCc2ccccc2)c(OC)cc1C(C)C(C)c1ccc(OC)c(OS(=O)(=O)c2cccc(F)c2)c1CC. The number of benzene rings is 4. The predicted molar refractivity (Wildman–Crippen MR) is 171 cm³/mol. The zero-order valence-electron chi connectivity index (χ0n) is 26.2. The molecule has 0 saturated carbocycles. The minimum atomic E-state index is -4.32. The fourth-order valence-electron chi connectivity index (χ4n) is 5.52. The topological polar surface area (TPSA) is 71.1 Å². The molecule has 4 aromatic carbocycles. The molecule has 44 heavy (non-hydrogen) atoms. The summed E-state index contributed by atoms with van der Waals surface area (Å²) in [6.07, 6.45) is 2.31. The van der Waals surface area contributed by atoms with Crippen LogP contribution in [0.4, 0.5) is 4.39 Å². The van der Waals surface area contributed by atoms with Gasteiger partial charge in [0.05, 0.1) is 14.2 Å². The quantitative estimate of drug-likeness (QED) is 0.132. The first kappa shape index (κ1) is 32.9. The van der Waals surface area contributed by atoms with Crippen LogP contribution in [0.15, 0.2) is 83.8 Å². The minimum absolute atomic E-state index is 0.0278. The van der Waals surface area contributed by atoms with Crippen LogP contribution >= 0.6 is 0 Å². The summed E-state index contributed by atoms with van der Waals surface area (Å²) in [5.74, 6) is 1.09. The van der Waals surface area contributed by atoms with Gasteiger partial charge in [0, 0.05) is 5.56 Å². The molecule has 6 nitrogen and oxygen atoms in total. The molecule has 4 rings (SSSR count). The largest absolute Gasteiger partial charge is 0.493 e. The highest BCUT2D eigenvalue weighted by Crippen LogP contribution is 2.45. The molecule has 0 aliphatic carbocycles. The smallest absolute Gasteiger partial charge is 0.339 e. The molecular weight excluding hydrogens is 579 g/mol. The van der Waals surface area contributed by atoms with Crippen LogP contribution in [0.25, 0.3) is 0 Å². The van der Waals surface area contributed by atoms with Gasteiger partial charge in [-0.1, -0.05) is 76.6 Å². The molecule has 0 amide bonds. The van der Waals surface area contributed by atoms with E-state index in [4.69, 9.17) is 18.4 Å². The van der Waals surface area contributed by atoms with E-state index in [-0.39, 0.29) is 22.5 Å². The molecule has 0 N–H and O–H groups in total. The predicted octanol–water partition coefficient (Wildman–Crippen LogP) is 8.61. The first-order chi connectivity index (χ1) is 21.1. The summed E-state index contributed by atoms with van der Waals surface area (Å²) in [5.41, 5.74) is 5.04. The molecular formula is C36H41FO6S. The van der Waals surface area contributed by atoms with Gasteiger partial charge in [-0.25, -0.2) is 4.39 Å². The molecule has 0 aliphatic rings. The second-order valence-corrected chi connectivity index (χ2v) is 12.4. The number of methoxy groups -OCH3 is 2. The summed E-state index contributed by atoms with van der Waals surface area (Å²) in [6, 6.07) is 22.6. The molecule has 0 spiro atoms. The highest BCUT2D eigenvalue weighted by Gasteiger charge is 2.28. The minimum Gasteiger partial charge on any atom is -0.493 e. The third-order valence-corrected chi connectivity index (χ3v) is 9.24. The van der Waals surface area contributed by atoms with Crippen LogP contribution in [0, 0.1) is 5.82 Å². The Morgan fingerprint density at radius 2 is 1.48 bits per heavy atom. The summed E-state index contributed by atoms with van der Waals surface area (Å²) in [5, 5.41) is 0. The zero-order chi connectivity index (χ0) is 31.9. The van der Waals surface area contributed by atoms with Crippen LogP contribution < -0.4 is 18.4 Å². The molecule has 0 heterocycles. The van der Waals surface area contributed by atoms with Crippen molar-refractivity contribution in [2.75, 3.05) is 14.2 Å². The molecule has 0 saturated heterocycles. The zero-order valence-corrected chi connectivity index (χ0v) is 27.0. The average Bonchev–Trinajstić information content (AvgIpc) is 3.03. The molecule has 2 unspecified atom stereocenters. The van der Waals surface area contributed by atoms with Gasteiger partial charge in [-0.2, -0.15) is 8.42 Å². The Morgan fingerprint density at radius 1 is 0.773 bits per heavy atom. The number of rotatable bonds is 14. The van der Waals surface area contributed by atoms with E-state index in [9.17, 15) is 12.8 Å². The van der Waals surface area contributed by atoms with Crippen molar-refractivity contribution in [3.8, 4) is 23.0 Å². The Hall–Kier alpha value is -4.04. The fourth-order valence-corrected chi connectivity index (χ4v) is 6.52. The van der Waals surface area contributed by atoms with Gasteiger partial charge in [-0.05, 0) is 83.3 Å². The molecule has 0 fully saturated rings. The Kier molecular flexibility index (Phi) is 10.9. The summed E-state index contributed by atoms with van der Waals surface area (Å²) >= 11 is 0. The molecule has 8 heteroatoms. The van der Waals surface area contributed by atoms with Gasteiger partial charge in [0.25, 0.3) is 0 Å². The van der Waals surface area contributed by atoms with Crippen LogP contribution in [-0.2, 0) is 29.6 Å². The number of aryl methyl sites for hydroxylation is 1. The average molecular weight is 621 g/mol. The van der Waals surface area contributed by atoms with Gasteiger partial charge in [-0.15, -0.1) is 0 Å². The van der Waals surface area contributed by atoms with Gasteiger partial charge in [0.2, 0.25) is 0 Å². The molecule has 234 valence electrons. The lowest BCUT2D eigenvalue weighted by Crippen LogP contribution is -2.15. The molecule has 4 aromatic rings. The third-order valence-electron chi connectivity index (χ3n) is 8.02. The van der Waals surface area contributed by atoms with Crippen molar-refractivity contribution < 1.29 is 31.2 Å². The van der Waals surface area contributed by atoms with Gasteiger partial charge in [-0.3, -0.25) is 0 Å². The van der Waals surface area contributed by atoms with Crippen LogP contribution in [0.1, 0.15) is 73.8 Å². The summed E-state index contributed by atoms with van der Waals surface area (Å²) < 4.78 is 63.5. The summed E-state index contributed by atoms with van der Waals surface area (Å²) in [6.45, 7) is 8.81. The van der Waals surface area contributed by atoms with E-state index in [1.54, 1.807) is 13.2 Å². The van der Waals surface area contributed by atoms with Crippen LogP contribution in [-0.4, -0.2) is 22.6 Å². The van der Waals surface area contributed by atoms with Gasteiger partial charge >= 0.3 is 10.1 Å². The van der Waals surface area contributed by atoms with Crippen molar-refractivity contribution in [2.45, 2.75) is 70.3 Å². The summed E-state index contributed by atoms with van der Waals surface area (Å²) in [4.78, 5) is -0.265. The Bertz CT molecular complexity index is 1670. The van der Waals surface area contributed by atoms with Gasteiger partial charge in [0.15, 0.2) is 23.0 Å². The van der Waals surface area contributed by atoms with Gasteiger partial charge in [0.1, 0.15) is 17.3 Å². The van der Waals surface area contributed by atoms with E-state index in [0.717, 1.165) is 41.2 Å². The van der Waals surface area contributed by atoms with Crippen LogP contribution in [0.5, 0.6) is 23.0 Å². The van der Waals surface area contributed by atoms with Crippen molar-refractivity contribution in [1.29, 1.82) is 0 Å². The number of ether oxygens (including phenoxy) is 3. The maximum Gasteiger partial charge on any atom is 0.339 e. The first-order valence-corrected chi connectivity index (χ1v) is 16.3. The van der Waals surface area contributed by atoms with Crippen molar-refractivity contribution in [1.82, 2.24) is 0 Å². The highest BCUT2D eigenvalue weighted by molar-refractivity contribution is 7.87. The van der Waals surface area contributed by atoms with E-state index >= 15 is 0 Å². The standard InChI is InChI=1S/C36H41FO6S/c1-7-13-27-20-35(42-23-26-14-10-9-11-15-26)34(41-6)22-32(27)25(4)24(3)31-18-19-33(40-5)36(30(31)8-2)43-44(38,39)29-17-12-16-28(37)21-29/h9-12,14-22,24-25H,7-8,13,23H2,1-6H3. The lowest BCUT2D eigenvalue weighted by Gasteiger charge is -2.28. The van der Waals surface area contributed by atoms with Crippen molar-refractivity contribution in [3.05, 3.63) is 112 Å². The van der Waals surface area contributed by atoms with Crippen molar-refractivity contribution in [3.63, 3.8) is 0 Å². The Labute approximate surface area is 260 Å². The molecule has 0 bridgehead atoms. The summed E-state index contributed by atoms with van der Waals surface area (Å²) in [7, 11) is -1.21. The molecule has 0 aliphatic heterocycles. The maximum atomic E-state index is 13.9. The van der Waals surface area contributed by atoms with E-state index in [2.05, 4.69) is 32.9 Å². The number of halogens is 1. The Balaban J connectivity index is 1.72. The second-order valence-electron chi connectivity index (χ2n) is 10.8.